The normalized spacial score (nSPS) is 27.1. The molecule has 0 amide bonds. The zero-order valence-corrected chi connectivity index (χ0v) is 13.1. The molecule has 0 nitrogen and oxygen atoms in total. The Morgan fingerprint density at radius 2 is 1.80 bits per heavy atom. The second-order valence-corrected chi connectivity index (χ2v) is 3.83. The van der Waals surface area contributed by atoms with Crippen LogP contribution in [0.25, 0.3) is 0 Å². The van der Waals surface area contributed by atoms with Gasteiger partial charge in [0.25, 0.3) is 0 Å². The molecule has 0 unspecified atom stereocenters. The predicted molar refractivity (Wildman–Crippen MR) is 62.9 cm³/mol. The van der Waals surface area contributed by atoms with E-state index in [-0.39, 0.29) is 19.5 Å². The topological polar surface area (TPSA) is 0 Å². The van der Waals surface area contributed by atoms with Crippen molar-refractivity contribution in [3.63, 3.8) is 0 Å². The first-order valence-electron chi connectivity index (χ1n) is 5.39. The van der Waals surface area contributed by atoms with E-state index in [0.717, 1.165) is 5.92 Å². The average Bonchev–Trinajstić information content (AvgIpc) is 2.96. The molecule has 0 bridgehead atoms. The third kappa shape index (κ3) is 3.15. The monoisotopic (exact) mass is 252 g/mol. The smallest absolute Gasteiger partial charge is 0.346 e. The molecule has 2 atom stereocenters. The summed E-state index contributed by atoms with van der Waals surface area (Å²) in [5.41, 5.74) is 1.85. The maximum Gasteiger partial charge on any atom is 2.00 e. The van der Waals surface area contributed by atoms with Crippen molar-refractivity contribution < 1.29 is 19.5 Å². The van der Waals surface area contributed by atoms with Gasteiger partial charge in [-0.3, -0.25) is 0 Å². The summed E-state index contributed by atoms with van der Waals surface area (Å²) in [4.78, 5) is 0. The molecule has 2 rings (SSSR count). The van der Waals surface area contributed by atoms with Crippen LogP contribution in [-0.2, 0) is 24.9 Å². The molecule has 0 aromatic heterocycles. The SMILES string of the molecule is CC[C@@H]1[CH-][C@@]1(C)c1ccccc1.[CH2-]C.[Zn+2]. The number of benzene rings is 1. The van der Waals surface area contributed by atoms with Crippen LogP contribution < -0.4 is 0 Å². The Morgan fingerprint density at radius 1 is 1.27 bits per heavy atom. The number of hydrogen-bond donors (Lipinski definition) is 0. The molecule has 0 heterocycles. The van der Waals surface area contributed by atoms with Crippen LogP contribution in [0.1, 0.15) is 32.8 Å². The van der Waals surface area contributed by atoms with Gasteiger partial charge in [-0.1, -0.05) is 56.2 Å². The Bertz CT molecular complexity index is 268. The minimum atomic E-state index is 0. The Labute approximate surface area is 107 Å². The molecule has 15 heavy (non-hydrogen) atoms. The molecular weight excluding hydrogens is 234 g/mol. The van der Waals surface area contributed by atoms with E-state index in [1.807, 2.05) is 0 Å². The van der Waals surface area contributed by atoms with Gasteiger partial charge < -0.3 is 13.3 Å². The van der Waals surface area contributed by atoms with Gasteiger partial charge in [-0.2, -0.15) is 18.3 Å². The standard InChI is InChI=1S/C12H15.C2H5.Zn/c1-3-10-9-12(10,2)11-7-5-4-6-8-11;1-2;/h4-10H,3H2,1-2H3;1H2,2H3;/q2*-1;+2/t10-,12-;;/m1../s1. The second-order valence-electron chi connectivity index (χ2n) is 3.83. The van der Waals surface area contributed by atoms with E-state index in [2.05, 4.69) is 57.5 Å². The summed E-state index contributed by atoms with van der Waals surface area (Å²) in [7, 11) is 0. The maximum absolute atomic E-state index is 3.25. The van der Waals surface area contributed by atoms with Crippen molar-refractivity contribution in [2.45, 2.75) is 32.6 Å². The summed E-state index contributed by atoms with van der Waals surface area (Å²) >= 11 is 0. The molecule has 0 N–H and O–H groups in total. The maximum atomic E-state index is 3.25. The molecule has 1 fully saturated rings. The van der Waals surface area contributed by atoms with E-state index < -0.39 is 0 Å². The summed E-state index contributed by atoms with van der Waals surface area (Å²) in [5, 5.41) is 0. The number of rotatable bonds is 2. The molecular formula is C14H20Zn. The van der Waals surface area contributed by atoms with Crippen molar-refractivity contribution in [2.24, 2.45) is 5.92 Å². The average molecular weight is 254 g/mol. The van der Waals surface area contributed by atoms with Crippen LogP contribution in [0.15, 0.2) is 30.3 Å². The van der Waals surface area contributed by atoms with Crippen molar-refractivity contribution >= 4 is 0 Å². The van der Waals surface area contributed by atoms with Crippen molar-refractivity contribution in [3.05, 3.63) is 49.2 Å². The molecule has 1 heteroatoms. The summed E-state index contributed by atoms with van der Waals surface area (Å²) in [6.07, 6.45) is 3.72. The van der Waals surface area contributed by atoms with Crippen molar-refractivity contribution in [2.75, 3.05) is 0 Å². The Kier molecular flexibility index (Phi) is 6.36. The second kappa shape index (κ2) is 6.43. The van der Waals surface area contributed by atoms with Crippen LogP contribution in [0.4, 0.5) is 0 Å². The Morgan fingerprint density at radius 3 is 2.20 bits per heavy atom. The van der Waals surface area contributed by atoms with Gasteiger partial charge in [-0.15, -0.1) is 0 Å². The van der Waals surface area contributed by atoms with E-state index >= 15 is 0 Å². The molecule has 1 aliphatic rings. The van der Waals surface area contributed by atoms with Gasteiger partial charge in [0.2, 0.25) is 0 Å². The van der Waals surface area contributed by atoms with Crippen molar-refractivity contribution in [1.29, 1.82) is 0 Å². The minimum absolute atomic E-state index is 0. The summed E-state index contributed by atoms with van der Waals surface area (Å²) in [6, 6.07) is 10.8. The fraction of sp³-hybridized carbons (Fsp3) is 0.429. The van der Waals surface area contributed by atoms with E-state index in [1.54, 1.807) is 6.92 Å². The summed E-state index contributed by atoms with van der Waals surface area (Å²) < 4.78 is 0. The molecule has 0 saturated heterocycles. The zero-order chi connectivity index (χ0) is 10.6. The minimum Gasteiger partial charge on any atom is -0.346 e. The van der Waals surface area contributed by atoms with Crippen LogP contribution in [0.3, 0.4) is 0 Å². The van der Waals surface area contributed by atoms with Crippen molar-refractivity contribution in [3.8, 4) is 0 Å². The van der Waals surface area contributed by atoms with Crippen LogP contribution in [0.2, 0.25) is 0 Å². The van der Waals surface area contributed by atoms with E-state index in [0.29, 0.717) is 5.41 Å². The summed E-state index contributed by atoms with van der Waals surface area (Å²) in [5.74, 6) is 0.805. The fourth-order valence-corrected chi connectivity index (χ4v) is 2.02. The molecule has 0 aliphatic heterocycles. The third-order valence-electron chi connectivity index (χ3n) is 3.04. The molecule has 0 spiro atoms. The Balaban J connectivity index is 0.000000617. The van der Waals surface area contributed by atoms with E-state index in [4.69, 9.17) is 0 Å². The van der Waals surface area contributed by atoms with Crippen LogP contribution in [-0.4, -0.2) is 0 Å². The first-order chi connectivity index (χ1) is 6.77. The van der Waals surface area contributed by atoms with Gasteiger partial charge in [0, 0.05) is 0 Å². The van der Waals surface area contributed by atoms with Crippen LogP contribution >= 0.6 is 0 Å². The van der Waals surface area contributed by atoms with Gasteiger partial charge in [0.15, 0.2) is 0 Å². The van der Waals surface area contributed by atoms with Gasteiger partial charge in [0.05, 0.1) is 0 Å². The quantitative estimate of drug-likeness (QED) is 0.552. The predicted octanol–water partition coefficient (Wildman–Crippen LogP) is 4.03. The van der Waals surface area contributed by atoms with Gasteiger partial charge >= 0.3 is 19.5 Å². The first-order valence-corrected chi connectivity index (χ1v) is 5.39. The van der Waals surface area contributed by atoms with Gasteiger partial charge in [0.1, 0.15) is 0 Å². The van der Waals surface area contributed by atoms with E-state index in [9.17, 15) is 0 Å². The van der Waals surface area contributed by atoms with Crippen LogP contribution in [0.5, 0.6) is 0 Å². The zero-order valence-electron chi connectivity index (χ0n) is 10.2. The fourth-order valence-electron chi connectivity index (χ4n) is 2.02. The molecule has 0 radical (unpaired) electrons. The molecule has 1 saturated carbocycles. The van der Waals surface area contributed by atoms with Crippen LogP contribution in [0, 0.1) is 19.3 Å². The molecule has 1 aromatic rings. The molecule has 1 aromatic carbocycles. The largest absolute Gasteiger partial charge is 2.00 e. The van der Waals surface area contributed by atoms with Gasteiger partial charge in [-0.25, -0.2) is 0 Å². The summed E-state index contributed by atoms with van der Waals surface area (Å²) in [6.45, 7) is 9.59. The molecule has 1 aliphatic carbocycles. The third-order valence-corrected chi connectivity index (χ3v) is 3.04. The molecule has 78 valence electrons. The number of hydrogen-bond acceptors (Lipinski definition) is 0. The van der Waals surface area contributed by atoms with E-state index in [1.165, 1.54) is 12.0 Å². The van der Waals surface area contributed by atoms with Gasteiger partial charge in [-0.05, 0) is 0 Å². The Hall–Kier alpha value is -0.157. The van der Waals surface area contributed by atoms with Crippen molar-refractivity contribution in [1.82, 2.24) is 0 Å². The first kappa shape index (κ1) is 14.8.